The Kier molecular flexibility index (Phi) is 2.92. The van der Waals surface area contributed by atoms with Gasteiger partial charge in [0.25, 0.3) is 0 Å². The van der Waals surface area contributed by atoms with Gasteiger partial charge in [0, 0.05) is 0 Å². The highest BCUT2D eigenvalue weighted by atomic mass is 16.4. The van der Waals surface area contributed by atoms with E-state index < -0.39 is 5.97 Å². The molecule has 0 spiro atoms. The molecule has 64 valence electrons. The number of carbonyl (C=O) groups is 1. The standard InChI is InChI=1S/C9H16O2/c1-2-4-7-5-3-6-8(7)9(10)11/h7-8H,2-6H2,1H3,(H,10,11)/t7-,8-/m1/s1. The molecule has 2 heteroatoms. The van der Waals surface area contributed by atoms with E-state index >= 15 is 0 Å². The Morgan fingerprint density at radius 2 is 2.27 bits per heavy atom. The Balaban J connectivity index is 2.44. The van der Waals surface area contributed by atoms with Crippen LogP contribution in [0, 0.1) is 11.8 Å². The van der Waals surface area contributed by atoms with Crippen molar-refractivity contribution in [3.8, 4) is 0 Å². The third-order valence-corrected chi connectivity index (χ3v) is 2.64. The quantitative estimate of drug-likeness (QED) is 0.680. The van der Waals surface area contributed by atoms with Crippen LogP contribution < -0.4 is 0 Å². The van der Waals surface area contributed by atoms with Gasteiger partial charge in [0.15, 0.2) is 0 Å². The van der Waals surface area contributed by atoms with Gasteiger partial charge in [0.1, 0.15) is 0 Å². The lowest BCUT2D eigenvalue weighted by Gasteiger charge is -2.13. The fourth-order valence-electron chi connectivity index (χ4n) is 2.08. The second-order valence-corrected chi connectivity index (χ2v) is 3.42. The van der Waals surface area contributed by atoms with Gasteiger partial charge in [-0.2, -0.15) is 0 Å². The number of hydrogen-bond donors (Lipinski definition) is 1. The molecule has 1 aliphatic carbocycles. The summed E-state index contributed by atoms with van der Waals surface area (Å²) in [4.78, 5) is 10.7. The molecule has 0 aliphatic heterocycles. The van der Waals surface area contributed by atoms with Crippen molar-refractivity contribution in [3.63, 3.8) is 0 Å². The van der Waals surface area contributed by atoms with E-state index in [1.165, 1.54) is 0 Å². The fraction of sp³-hybridized carbons (Fsp3) is 0.889. The first kappa shape index (κ1) is 8.57. The summed E-state index contributed by atoms with van der Waals surface area (Å²) in [6.07, 6.45) is 5.36. The van der Waals surface area contributed by atoms with Crippen LogP contribution in [0.2, 0.25) is 0 Å². The number of aliphatic carboxylic acids is 1. The van der Waals surface area contributed by atoms with E-state index in [1.54, 1.807) is 0 Å². The topological polar surface area (TPSA) is 37.3 Å². The zero-order valence-corrected chi connectivity index (χ0v) is 7.05. The van der Waals surface area contributed by atoms with Crippen LogP contribution >= 0.6 is 0 Å². The van der Waals surface area contributed by atoms with Crippen molar-refractivity contribution < 1.29 is 9.90 Å². The van der Waals surface area contributed by atoms with E-state index in [9.17, 15) is 4.79 Å². The van der Waals surface area contributed by atoms with Gasteiger partial charge in [-0.15, -0.1) is 0 Å². The monoisotopic (exact) mass is 156 g/mol. The lowest BCUT2D eigenvalue weighted by Crippen LogP contribution is -2.17. The molecule has 2 atom stereocenters. The molecule has 0 saturated heterocycles. The van der Waals surface area contributed by atoms with Gasteiger partial charge in [0.2, 0.25) is 0 Å². The summed E-state index contributed by atoms with van der Waals surface area (Å²) >= 11 is 0. The predicted molar refractivity (Wildman–Crippen MR) is 43.4 cm³/mol. The molecule has 0 amide bonds. The zero-order valence-electron chi connectivity index (χ0n) is 7.05. The lowest BCUT2D eigenvalue weighted by atomic mass is 9.92. The van der Waals surface area contributed by atoms with Crippen LogP contribution in [0.1, 0.15) is 39.0 Å². The average molecular weight is 156 g/mol. The van der Waals surface area contributed by atoms with Crippen LogP contribution in [-0.2, 0) is 4.79 Å². The molecule has 0 aromatic heterocycles. The Bertz CT molecular complexity index is 142. The molecule has 1 saturated carbocycles. The summed E-state index contributed by atoms with van der Waals surface area (Å²) in [6.45, 7) is 2.12. The van der Waals surface area contributed by atoms with E-state index in [1.807, 2.05) is 0 Å². The summed E-state index contributed by atoms with van der Waals surface area (Å²) in [5, 5.41) is 8.81. The molecule has 0 aromatic carbocycles. The first-order valence-electron chi connectivity index (χ1n) is 4.48. The van der Waals surface area contributed by atoms with Crippen molar-refractivity contribution in [1.82, 2.24) is 0 Å². The molecule has 11 heavy (non-hydrogen) atoms. The van der Waals surface area contributed by atoms with Gasteiger partial charge in [-0.05, 0) is 25.2 Å². The largest absolute Gasteiger partial charge is 0.481 e. The summed E-state index contributed by atoms with van der Waals surface area (Å²) in [5.41, 5.74) is 0. The highest BCUT2D eigenvalue weighted by molar-refractivity contribution is 5.70. The van der Waals surface area contributed by atoms with Gasteiger partial charge in [0.05, 0.1) is 5.92 Å². The van der Waals surface area contributed by atoms with Crippen molar-refractivity contribution in [2.75, 3.05) is 0 Å². The summed E-state index contributed by atoms with van der Waals surface area (Å²) < 4.78 is 0. The zero-order chi connectivity index (χ0) is 8.27. The van der Waals surface area contributed by atoms with Crippen LogP contribution in [0.15, 0.2) is 0 Å². The second-order valence-electron chi connectivity index (χ2n) is 3.42. The van der Waals surface area contributed by atoms with Crippen LogP contribution in [0.5, 0.6) is 0 Å². The van der Waals surface area contributed by atoms with Gasteiger partial charge in [-0.25, -0.2) is 0 Å². The van der Waals surface area contributed by atoms with Crippen molar-refractivity contribution in [2.24, 2.45) is 11.8 Å². The Morgan fingerprint density at radius 1 is 1.55 bits per heavy atom. The smallest absolute Gasteiger partial charge is 0.306 e. The molecule has 1 rings (SSSR count). The number of carboxylic acid groups (broad SMARTS) is 1. The minimum absolute atomic E-state index is 0.0325. The number of carboxylic acids is 1. The fourth-order valence-corrected chi connectivity index (χ4v) is 2.08. The minimum atomic E-state index is -0.582. The molecule has 1 aliphatic rings. The molecular formula is C9H16O2. The molecule has 1 fully saturated rings. The molecule has 0 bridgehead atoms. The van der Waals surface area contributed by atoms with Crippen molar-refractivity contribution in [1.29, 1.82) is 0 Å². The van der Waals surface area contributed by atoms with Gasteiger partial charge in [-0.3, -0.25) is 4.79 Å². The first-order chi connectivity index (χ1) is 5.25. The number of hydrogen-bond acceptors (Lipinski definition) is 1. The Hall–Kier alpha value is -0.530. The lowest BCUT2D eigenvalue weighted by molar-refractivity contribution is -0.143. The molecule has 0 radical (unpaired) electrons. The molecule has 0 unspecified atom stereocenters. The summed E-state index contributed by atoms with van der Waals surface area (Å²) in [7, 11) is 0. The maximum atomic E-state index is 10.7. The SMILES string of the molecule is CCC[C@@H]1CCC[C@H]1C(=O)O. The molecule has 0 heterocycles. The van der Waals surface area contributed by atoms with E-state index in [2.05, 4.69) is 6.92 Å². The van der Waals surface area contributed by atoms with E-state index in [4.69, 9.17) is 5.11 Å². The second kappa shape index (κ2) is 3.74. The van der Waals surface area contributed by atoms with Gasteiger partial charge in [-0.1, -0.05) is 19.8 Å². The average Bonchev–Trinajstić information content (AvgIpc) is 2.36. The van der Waals surface area contributed by atoms with Gasteiger partial charge >= 0.3 is 5.97 Å². The Morgan fingerprint density at radius 3 is 2.82 bits per heavy atom. The summed E-state index contributed by atoms with van der Waals surface area (Å²) in [6, 6.07) is 0. The normalized spacial score (nSPS) is 30.6. The first-order valence-corrected chi connectivity index (χ1v) is 4.48. The highest BCUT2D eigenvalue weighted by Crippen LogP contribution is 2.34. The third kappa shape index (κ3) is 1.95. The maximum absolute atomic E-state index is 10.7. The number of rotatable bonds is 3. The van der Waals surface area contributed by atoms with Crippen LogP contribution in [-0.4, -0.2) is 11.1 Å². The summed E-state index contributed by atoms with van der Waals surface area (Å²) in [5.74, 6) is -0.145. The molecular weight excluding hydrogens is 140 g/mol. The van der Waals surface area contributed by atoms with E-state index in [0.29, 0.717) is 5.92 Å². The minimum Gasteiger partial charge on any atom is -0.481 e. The predicted octanol–water partition coefficient (Wildman–Crippen LogP) is 2.29. The molecule has 2 nitrogen and oxygen atoms in total. The van der Waals surface area contributed by atoms with Gasteiger partial charge < -0.3 is 5.11 Å². The van der Waals surface area contributed by atoms with Crippen LogP contribution in [0.4, 0.5) is 0 Å². The maximum Gasteiger partial charge on any atom is 0.306 e. The highest BCUT2D eigenvalue weighted by Gasteiger charge is 2.31. The molecule has 1 N–H and O–H groups in total. The van der Waals surface area contributed by atoms with Crippen LogP contribution in [0.3, 0.4) is 0 Å². The van der Waals surface area contributed by atoms with E-state index in [0.717, 1.165) is 32.1 Å². The molecule has 0 aromatic rings. The third-order valence-electron chi connectivity index (χ3n) is 2.64. The van der Waals surface area contributed by atoms with E-state index in [-0.39, 0.29) is 5.92 Å². The Labute approximate surface area is 67.6 Å². The van der Waals surface area contributed by atoms with Crippen molar-refractivity contribution in [2.45, 2.75) is 39.0 Å². The van der Waals surface area contributed by atoms with Crippen molar-refractivity contribution >= 4 is 5.97 Å². The van der Waals surface area contributed by atoms with Crippen molar-refractivity contribution in [3.05, 3.63) is 0 Å². The van der Waals surface area contributed by atoms with Crippen LogP contribution in [0.25, 0.3) is 0 Å².